The molecule has 3 heterocycles. The van der Waals surface area contributed by atoms with E-state index in [4.69, 9.17) is 9.47 Å². The van der Waals surface area contributed by atoms with E-state index < -0.39 is 0 Å². The Morgan fingerprint density at radius 2 is 1.61 bits per heavy atom. The van der Waals surface area contributed by atoms with Gasteiger partial charge < -0.3 is 14.4 Å². The van der Waals surface area contributed by atoms with Gasteiger partial charge in [-0.3, -0.25) is 24.2 Å². The smallest absolute Gasteiger partial charge is 0.233 e. The zero-order valence-corrected chi connectivity index (χ0v) is 17.5. The Balaban J connectivity index is 1.09. The van der Waals surface area contributed by atoms with Crippen LogP contribution in [0.5, 0.6) is 11.5 Å². The second-order valence-corrected chi connectivity index (χ2v) is 8.58. The molecule has 2 saturated heterocycles. The summed E-state index contributed by atoms with van der Waals surface area (Å²) < 4.78 is 10.8. The molecule has 1 aliphatic carbocycles. The van der Waals surface area contributed by atoms with Crippen molar-refractivity contribution in [2.45, 2.75) is 25.8 Å². The summed E-state index contributed by atoms with van der Waals surface area (Å²) in [6.07, 6.45) is 5.41. The number of imide groups is 1. The van der Waals surface area contributed by atoms with Gasteiger partial charge in [0.25, 0.3) is 0 Å². The molecule has 0 spiro atoms. The van der Waals surface area contributed by atoms with Crippen LogP contribution in [0.25, 0.3) is 0 Å². The molecule has 5 rings (SSSR count). The third-order valence-corrected chi connectivity index (χ3v) is 6.72. The molecule has 0 unspecified atom stereocenters. The largest absolute Gasteiger partial charge is 0.454 e. The number of carbonyl (C=O) groups is 3. The lowest BCUT2D eigenvalue weighted by Crippen LogP contribution is -2.49. The van der Waals surface area contributed by atoms with Crippen molar-refractivity contribution >= 4 is 17.7 Å². The SMILES string of the molecule is O=C(CCN1C(=O)[C@H]2CC=CC[C@@H]2C1=O)N1CCN(Cc2ccc3c(c2)OCO3)CC1. The minimum absolute atomic E-state index is 0.0105. The van der Waals surface area contributed by atoms with Crippen LogP contribution in [0.1, 0.15) is 24.8 Å². The maximum atomic E-state index is 12.7. The predicted molar refractivity (Wildman–Crippen MR) is 111 cm³/mol. The quantitative estimate of drug-likeness (QED) is 0.524. The Bertz CT molecular complexity index is 896. The first-order chi connectivity index (χ1) is 15.1. The molecule has 3 amide bonds. The number of nitrogens with zero attached hydrogens (tertiary/aromatic N) is 3. The summed E-state index contributed by atoms with van der Waals surface area (Å²) >= 11 is 0. The molecule has 0 aromatic heterocycles. The molecule has 4 aliphatic rings. The summed E-state index contributed by atoms with van der Waals surface area (Å²) in [7, 11) is 0. The van der Waals surface area contributed by atoms with Gasteiger partial charge in [-0.25, -0.2) is 0 Å². The third-order valence-electron chi connectivity index (χ3n) is 6.72. The van der Waals surface area contributed by atoms with E-state index in [9.17, 15) is 14.4 Å². The van der Waals surface area contributed by atoms with Crippen molar-refractivity contribution in [2.24, 2.45) is 11.8 Å². The van der Waals surface area contributed by atoms with Crippen LogP contribution in [0.15, 0.2) is 30.4 Å². The summed E-state index contributed by atoms with van der Waals surface area (Å²) in [5.41, 5.74) is 1.16. The Kier molecular flexibility index (Phi) is 5.40. The van der Waals surface area contributed by atoms with E-state index in [1.807, 2.05) is 35.3 Å². The normalized spacial score (nSPS) is 25.3. The van der Waals surface area contributed by atoms with Crippen molar-refractivity contribution < 1.29 is 23.9 Å². The van der Waals surface area contributed by atoms with Crippen molar-refractivity contribution in [1.29, 1.82) is 0 Å². The highest BCUT2D eigenvalue weighted by molar-refractivity contribution is 6.05. The van der Waals surface area contributed by atoms with E-state index in [0.29, 0.717) is 25.9 Å². The first-order valence-electron chi connectivity index (χ1n) is 11.0. The van der Waals surface area contributed by atoms with Gasteiger partial charge >= 0.3 is 0 Å². The fourth-order valence-electron chi connectivity index (χ4n) is 4.91. The number of ether oxygens (including phenoxy) is 2. The molecule has 0 bridgehead atoms. The Morgan fingerprint density at radius 3 is 2.32 bits per heavy atom. The molecular weight excluding hydrogens is 398 g/mol. The van der Waals surface area contributed by atoms with Gasteiger partial charge in [0, 0.05) is 45.7 Å². The number of hydrogen-bond donors (Lipinski definition) is 0. The van der Waals surface area contributed by atoms with Crippen LogP contribution < -0.4 is 9.47 Å². The number of piperazine rings is 1. The molecule has 0 N–H and O–H groups in total. The van der Waals surface area contributed by atoms with Gasteiger partial charge in [0.2, 0.25) is 24.5 Å². The highest BCUT2D eigenvalue weighted by atomic mass is 16.7. The molecule has 164 valence electrons. The van der Waals surface area contributed by atoms with Crippen molar-refractivity contribution in [1.82, 2.24) is 14.7 Å². The lowest BCUT2D eigenvalue weighted by Gasteiger charge is -2.35. The lowest BCUT2D eigenvalue weighted by atomic mass is 9.85. The summed E-state index contributed by atoms with van der Waals surface area (Å²) in [5.74, 6) is 0.898. The van der Waals surface area contributed by atoms with Gasteiger partial charge in [0.1, 0.15) is 0 Å². The molecule has 1 aromatic rings. The summed E-state index contributed by atoms with van der Waals surface area (Å²) in [6.45, 7) is 4.15. The molecule has 8 heteroatoms. The summed E-state index contributed by atoms with van der Waals surface area (Å²) in [5, 5.41) is 0. The molecule has 2 atom stereocenters. The number of benzene rings is 1. The number of carbonyl (C=O) groups excluding carboxylic acids is 3. The minimum atomic E-state index is -0.229. The standard InChI is InChI=1S/C23H27N3O5/c27-21(7-8-26-22(28)17-3-1-2-4-18(17)23(26)29)25-11-9-24(10-12-25)14-16-5-6-19-20(13-16)31-15-30-19/h1-2,5-6,13,17-18H,3-4,7-12,14-15H2/t17-,18-/m0/s1. The van der Waals surface area contributed by atoms with Crippen molar-refractivity contribution in [2.75, 3.05) is 39.5 Å². The van der Waals surface area contributed by atoms with E-state index >= 15 is 0 Å². The average molecular weight is 425 g/mol. The summed E-state index contributed by atoms with van der Waals surface area (Å²) in [4.78, 5) is 43.3. The summed E-state index contributed by atoms with van der Waals surface area (Å²) in [6, 6.07) is 5.99. The second-order valence-electron chi connectivity index (χ2n) is 8.58. The lowest BCUT2D eigenvalue weighted by molar-refractivity contribution is -0.141. The molecule has 0 saturated carbocycles. The second kappa shape index (κ2) is 8.34. The third kappa shape index (κ3) is 3.92. The number of likely N-dealkylation sites (tertiary alicyclic amines) is 1. The molecule has 8 nitrogen and oxygen atoms in total. The molecular formula is C23H27N3O5. The van der Waals surface area contributed by atoms with E-state index in [1.165, 1.54) is 4.90 Å². The monoisotopic (exact) mass is 425 g/mol. The van der Waals surface area contributed by atoms with Crippen LogP contribution >= 0.6 is 0 Å². The minimum Gasteiger partial charge on any atom is -0.454 e. The van der Waals surface area contributed by atoms with Crippen molar-refractivity contribution in [3.63, 3.8) is 0 Å². The van der Waals surface area contributed by atoms with Gasteiger partial charge in [0.15, 0.2) is 11.5 Å². The van der Waals surface area contributed by atoms with Crippen LogP contribution in [0, 0.1) is 11.8 Å². The van der Waals surface area contributed by atoms with Crippen molar-refractivity contribution in [3.05, 3.63) is 35.9 Å². The zero-order chi connectivity index (χ0) is 21.4. The number of rotatable bonds is 5. The van der Waals surface area contributed by atoms with Gasteiger partial charge in [-0.05, 0) is 30.5 Å². The molecule has 0 radical (unpaired) electrons. The van der Waals surface area contributed by atoms with Gasteiger partial charge in [-0.15, -0.1) is 0 Å². The van der Waals surface area contributed by atoms with Crippen LogP contribution in [0.2, 0.25) is 0 Å². The van der Waals surface area contributed by atoms with Crippen LogP contribution in [0.3, 0.4) is 0 Å². The Labute approximate surface area is 181 Å². The average Bonchev–Trinajstić information content (AvgIpc) is 3.35. The van der Waals surface area contributed by atoms with E-state index in [-0.39, 0.29) is 49.3 Å². The number of amides is 3. The van der Waals surface area contributed by atoms with E-state index in [2.05, 4.69) is 4.90 Å². The van der Waals surface area contributed by atoms with Crippen LogP contribution in [0.4, 0.5) is 0 Å². The molecule has 1 aromatic carbocycles. The Hall–Kier alpha value is -2.87. The highest BCUT2D eigenvalue weighted by Gasteiger charge is 2.47. The fraction of sp³-hybridized carbons (Fsp3) is 0.522. The highest BCUT2D eigenvalue weighted by Crippen LogP contribution is 2.35. The topological polar surface area (TPSA) is 79.4 Å². The maximum Gasteiger partial charge on any atom is 0.233 e. The molecule has 3 aliphatic heterocycles. The predicted octanol–water partition coefficient (Wildman–Crippen LogP) is 1.40. The zero-order valence-electron chi connectivity index (χ0n) is 17.5. The van der Waals surface area contributed by atoms with E-state index in [1.54, 1.807) is 0 Å². The van der Waals surface area contributed by atoms with Gasteiger partial charge in [-0.1, -0.05) is 18.2 Å². The molecule has 2 fully saturated rings. The number of hydrogen-bond acceptors (Lipinski definition) is 6. The fourth-order valence-corrected chi connectivity index (χ4v) is 4.91. The van der Waals surface area contributed by atoms with Gasteiger partial charge in [0.05, 0.1) is 11.8 Å². The van der Waals surface area contributed by atoms with Gasteiger partial charge in [-0.2, -0.15) is 0 Å². The van der Waals surface area contributed by atoms with Crippen LogP contribution in [-0.2, 0) is 20.9 Å². The maximum absolute atomic E-state index is 12.7. The number of allylic oxidation sites excluding steroid dienone is 2. The van der Waals surface area contributed by atoms with Crippen molar-refractivity contribution in [3.8, 4) is 11.5 Å². The Morgan fingerprint density at radius 1 is 0.935 bits per heavy atom. The van der Waals surface area contributed by atoms with E-state index in [0.717, 1.165) is 36.7 Å². The van der Waals surface area contributed by atoms with Crippen LogP contribution in [-0.4, -0.2) is 71.9 Å². The number of fused-ring (bicyclic) bond motifs is 2. The molecule has 31 heavy (non-hydrogen) atoms. The first-order valence-corrected chi connectivity index (χ1v) is 11.0. The first kappa shape index (κ1) is 20.1.